The molecule has 114 valence electrons. The molecule has 0 aliphatic carbocycles. The fraction of sp³-hybridized carbons (Fsp3) is 0.278. The first-order valence-electron chi connectivity index (χ1n) is 7.55. The highest BCUT2D eigenvalue weighted by Gasteiger charge is 2.22. The Balaban J connectivity index is 2.23. The number of aromatic hydroxyl groups is 1. The lowest BCUT2D eigenvalue weighted by Gasteiger charge is -2.26. The van der Waals surface area contributed by atoms with E-state index in [1.165, 1.54) is 0 Å². The number of anilines is 1. The van der Waals surface area contributed by atoms with Crippen LogP contribution in [-0.2, 0) is 0 Å². The summed E-state index contributed by atoms with van der Waals surface area (Å²) in [6, 6.07) is 13.2. The summed E-state index contributed by atoms with van der Waals surface area (Å²) in [4.78, 5) is 4.70. The Kier molecular flexibility index (Phi) is 3.53. The normalized spacial score (nSPS) is 11.8. The number of hydrogen-bond donors (Lipinski definition) is 2. The molecule has 0 unspecified atom stereocenters. The van der Waals surface area contributed by atoms with Gasteiger partial charge in [-0.15, -0.1) is 0 Å². The van der Waals surface area contributed by atoms with Gasteiger partial charge in [0.05, 0.1) is 0 Å². The summed E-state index contributed by atoms with van der Waals surface area (Å²) in [6.07, 6.45) is 2.97. The number of fused-ring (bicyclic) bond motifs is 1. The predicted octanol–water partition coefficient (Wildman–Crippen LogP) is 4.31. The van der Waals surface area contributed by atoms with Crippen LogP contribution in [0, 0.1) is 0 Å². The number of rotatable bonds is 4. The Hall–Kier alpha value is -2.49. The van der Waals surface area contributed by atoms with Gasteiger partial charge < -0.3 is 10.4 Å². The van der Waals surface area contributed by atoms with Crippen molar-refractivity contribution < 1.29 is 5.11 Å². The second-order valence-corrected chi connectivity index (χ2v) is 6.12. The van der Waals surface area contributed by atoms with Crippen molar-refractivity contribution >= 4 is 11.5 Å². The van der Waals surface area contributed by atoms with Crippen molar-refractivity contribution in [2.45, 2.75) is 32.7 Å². The lowest BCUT2D eigenvalue weighted by Crippen LogP contribution is -2.30. The summed E-state index contributed by atoms with van der Waals surface area (Å²) >= 11 is 0. The minimum absolute atomic E-state index is 0.0645. The van der Waals surface area contributed by atoms with Crippen molar-refractivity contribution in [3.8, 4) is 17.0 Å². The van der Waals surface area contributed by atoms with Crippen LogP contribution in [0.1, 0.15) is 27.2 Å². The highest BCUT2D eigenvalue weighted by Crippen LogP contribution is 2.35. The Morgan fingerprint density at radius 2 is 1.86 bits per heavy atom. The monoisotopic (exact) mass is 295 g/mol. The van der Waals surface area contributed by atoms with E-state index in [1.54, 1.807) is 6.07 Å². The molecule has 0 spiro atoms. The molecule has 0 amide bonds. The summed E-state index contributed by atoms with van der Waals surface area (Å²) in [5.74, 6) is 1.15. The molecular weight excluding hydrogens is 274 g/mol. The molecule has 2 aromatic heterocycles. The highest BCUT2D eigenvalue weighted by atomic mass is 16.3. The maximum absolute atomic E-state index is 10.2. The van der Waals surface area contributed by atoms with Gasteiger partial charge in [-0.25, -0.2) is 4.98 Å². The first kappa shape index (κ1) is 14.4. The Bertz CT molecular complexity index is 805. The number of phenolic OH excluding ortho intramolecular Hbond substituents is 1. The van der Waals surface area contributed by atoms with Crippen LogP contribution < -0.4 is 5.32 Å². The largest absolute Gasteiger partial charge is 0.507 e. The van der Waals surface area contributed by atoms with Crippen LogP contribution in [0.4, 0.5) is 5.82 Å². The van der Waals surface area contributed by atoms with Gasteiger partial charge in [0.15, 0.2) is 0 Å². The van der Waals surface area contributed by atoms with E-state index in [0.717, 1.165) is 29.1 Å². The third-order valence-electron chi connectivity index (χ3n) is 4.03. The van der Waals surface area contributed by atoms with Crippen LogP contribution in [0.5, 0.6) is 5.75 Å². The zero-order chi connectivity index (χ0) is 15.7. The molecular formula is C18H21N3O. The average Bonchev–Trinajstić information content (AvgIpc) is 2.86. The second-order valence-electron chi connectivity index (χ2n) is 6.12. The molecule has 3 aromatic rings. The highest BCUT2D eigenvalue weighted by molar-refractivity contribution is 5.80. The van der Waals surface area contributed by atoms with Crippen LogP contribution in [-0.4, -0.2) is 20.0 Å². The van der Waals surface area contributed by atoms with Gasteiger partial charge in [-0.3, -0.25) is 4.40 Å². The van der Waals surface area contributed by atoms with Gasteiger partial charge >= 0.3 is 0 Å². The number of imidazole rings is 1. The molecule has 4 heteroatoms. The minimum atomic E-state index is -0.0645. The number of phenols is 1. The van der Waals surface area contributed by atoms with Crippen LogP contribution >= 0.6 is 0 Å². The molecule has 0 fully saturated rings. The Morgan fingerprint density at radius 3 is 2.59 bits per heavy atom. The van der Waals surface area contributed by atoms with Crippen molar-refractivity contribution in [2.75, 3.05) is 5.32 Å². The molecule has 0 atom stereocenters. The van der Waals surface area contributed by atoms with Crippen LogP contribution in [0.25, 0.3) is 16.9 Å². The lowest BCUT2D eigenvalue weighted by atomic mass is 10.0. The molecule has 0 saturated carbocycles. The summed E-state index contributed by atoms with van der Waals surface area (Å²) in [6.45, 7) is 6.46. The van der Waals surface area contributed by atoms with Crippen molar-refractivity contribution in [1.82, 2.24) is 9.38 Å². The SMILES string of the molecule is CCC(C)(C)Nc1c(-c2ccccc2O)nc2ccccn12. The van der Waals surface area contributed by atoms with E-state index < -0.39 is 0 Å². The van der Waals surface area contributed by atoms with E-state index in [1.807, 2.05) is 47.0 Å². The van der Waals surface area contributed by atoms with Gasteiger partial charge in [-0.05, 0) is 44.5 Å². The number of para-hydroxylation sites is 1. The first-order chi connectivity index (χ1) is 10.5. The fourth-order valence-corrected chi connectivity index (χ4v) is 2.39. The third kappa shape index (κ3) is 2.52. The van der Waals surface area contributed by atoms with Gasteiger partial charge in [-0.1, -0.05) is 25.1 Å². The Labute approximate surface area is 130 Å². The number of aromatic nitrogens is 2. The molecule has 1 aromatic carbocycles. The first-order valence-corrected chi connectivity index (χ1v) is 7.55. The fourth-order valence-electron chi connectivity index (χ4n) is 2.39. The molecule has 0 aliphatic heterocycles. The van der Waals surface area contributed by atoms with Crippen molar-refractivity contribution in [1.29, 1.82) is 0 Å². The summed E-state index contributed by atoms with van der Waals surface area (Å²) < 4.78 is 2.03. The van der Waals surface area contributed by atoms with E-state index >= 15 is 0 Å². The summed E-state index contributed by atoms with van der Waals surface area (Å²) in [5.41, 5.74) is 2.30. The average molecular weight is 295 g/mol. The minimum Gasteiger partial charge on any atom is -0.507 e. The van der Waals surface area contributed by atoms with E-state index in [-0.39, 0.29) is 11.3 Å². The molecule has 0 bridgehead atoms. The standard InChI is InChI=1S/C18H21N3O/c1-4-18(2,3)20-17-16(13-9-5-6-10-14(13)22)19-15-11-7-8-12-21(15)17/h5-12,20,22H,4H2,1-3H3. The van der Waals surface area contributed by atoms with Gasteiger partial charge in [-0.2, -0.15) is 0 Å². The smallest absolute Gasteiger partial charge is 0.139 e. The third-order valence-corrected chi connectivity index (χ3v) is 4.03. The van der Waals surface area contributed by atoms with Gasteiger partial charge in [0.2, 0.25) is 0 Å². The van der Waals surface area contributed by atoms with E-state index in [4.69, 9.17) is 4.98 Å². The molecule has 4 nitrogen and oxygen atoms in total. The van der Waals surface area contributed by atoms with Gasteiger partial charge in [0.1, 0.15) is 22.9 Å². The van der Waals surface area contributed by atoms with Crippen LogP contribution in [0.2, 0.25) is 0 Å². The number of hydrogen-bond acceptors (Lipinski definition) is 3. The molecule has 0 radical (unpaired) electrons. The van der Waals surface area contributed by atoms with Gasteiger partial charge in [0, 0.05) is 17.3 Å². The molecule has 0 aliphatic rings. The molecule has 0 saturated heterocycles. The summed E-state index contributed by atoms with van der Waals surface area (Å²) in [5, 5.41) is 13.8. The number of nitrogens with one attached hydrogen (secondary N) is 1. The number of pyridine rings is 1. The second kappa shape index (κ2) is 5.37. The number of nitrogens with zero attached hydrogens (tertiary/aromatic N) is 2. The molecule has 3 rings (SSSR count). The zero-order valence-corrected chi connectivity index (χ0v) is 13.2. The molecule has 2 N–H and O–H groups in total. The quantitative estimate of drug-likeness (QED) is 0.754. The molecule has 22 heavy (non-hydrogen) atoms. The summed E-state index contributed by atoms with van der Waals surface area (Å²) in [7, 11) is 0. The van der Waals surface area contributed by atoms with Crippen molar-refractivity contribution in [3.63, 3.8) is 0 Å². The Morgan fingerprint density at radius 1 is 1.14 bits per heavy atom. The predicted molar refractivity (Wildman–Crippen MR) is 90.3 cm³/mol. The van der Waals surface area contributed by atoms with Crippen LogP contribution in [0.15, 0.2) is 48.7 Å². The lowest BCUT2D eigenvalue weighted by molar-refractivity contribution is 0.477. The van der Waals surface area contributed by atoms with Crippen LogP contribution in [0.3, 0.4) is 0 Å². The van der Waals surface area contributed by atoms with E-state index in [9.17, 15) is 5.11 Å². The number of benzene rings is 1. The van der Waals surface area contributed by atoms with Crippen molar-refractivity contribution in [3.05, 3.63) is 48.7 Å². The molecule has 2 heterocycles. The topological polar surface area (TPSA) is 49.6 Å². The van der Waals surface area contributed by atoms with Crippen molar-refractivity contribution in [2.24, 2.45) is 0 Å². The maximum Gasteiger partial charge on any atom is 0.139 e. The van der Waals surface area contributed by atoms with E-state index in [0.29, 0.717) is 0 Å². The van der Waals surface area contributed by atoms with Gasteiger partial charge in [0.25, 0.3) is 0 Å². The zero-order valence-electron chi connectivity index (χ0n) is 13.2. The maximum atomic E-state index is 10.2. The van der Waals surface area contributed by atoms with E-state index in [2.05, 4.69) is 26.1 Å².